The van der Waals surface area contributed by atoms with Gasteiger partial charge >= 0.3 is 6.03 Å². The van der Waals surface area contributed by atoms with Crippen molar-refractivity contribution >= 4 is 27.5 Å². The van der Waals surface area contributed by atoms with Gasteiger partial charge in [-0.3, -0.25) is 0 Å². The Balaban J connectivity index is 2.28. The molecule has 11 heteroatoms. The monoisotopic (exact) mass is 455 g/mol. The van der Waals surface area contributed by atoms with Crippen LogP contribution in [-0.2, 0) is 19.4 Å². The summed E-state index contributed by atoms with van der Waals surface area (Å²) in [5, 5.41) is 2.64. The Morgan fingerprint density at radius 2 is 1.94 bits per heavy atom. The second-order valence-electron chi connectivity index (χ2n) is 7.73. The van der Waals surface area contributed by atoms with Crippen LogP contribution >= 0.6 is 0 Å². The average molecular weight is 456 g/mol. The van der Waals surface area contributed by atoms with Crippen LogP contribution in [0.25, 0.3) is 0 Å². The number of nitrogens with two attached hydrogens (primary N) is 1. The summed E-state index contributed by atoms with van der Waals surface area (Å²) < 4.78 is 47.9. The van der Waals surface area contributed by atoms with E-state index in [2.05, 4.69) is 15.0 Å². The number of methoxy groups -OCH3 is 1. The molecule has 0 aliphatic carbocycles. The molecule has 2 rings (SSSR count). The molecule has 31 heavy (non-hydrogen) atoms. The summed E-state index contributed by atoms with van der Waals surface area (Å²) >= 11 is 0. The Morgan fingerprint density at radius 1 is 1.35 bits per heavy atom. The number of rotatable bonds is 7. The maximum atomic E-state index is 14.1. The highest BCUT2D eigenvalue weighted by Gasteiger charge is 2.27. The zero-order valence-corrected chi connectivity index (χ0v) is 19.1. The van der Waals surface area contributed by atoms with Crippen molar-refractivity contribution in [3.05, 3.63) is 40.2 Å². The van der Waals surface area contributed by atoms with Gasteiger partial charge in [0.05, 0.1) is 6.54 Å². The molecule has 1 heterocycles. The van der Waals surface area contributed by atoms with Gasteiger partial charge in [0, 0.05) is 19.0 Å². The molecule has 1 unspecified atom stereocenters. The zero-order chi connectivity index (χ0) is 23.3. The molecule has 0 radical (unpaired) electrons. The maximum absolute atomic E-state index is 14.1. The predicted molar refractivity (Wildman–Crippen MR) is 119 cm³/mol. The van der Waals surface area contributed by atoms with Crippen molar-refractivity contribution < 1.29 is 22.9 Å². The van der Waals surface area contributed by atoms with E-state index in [1.54, 1.807) is 0 Å². The number of hydrogen-bond donors (Lipinski definition) is 4. The van der Waals surface area contributed by atoms with E-state index in [1.165, 1.54) is 19.2 Å². The smallest absolute Gasteiger partial charge is 0.331 e. The summed E-state index contributed by atoms with van der Waals surface area (Å²) in [6, 6.07) is 1.82. The molecule has 1 aliphatic heterocycles. The highest BCUT2D eigenvalue weighted by Crippen LogP contribution is 2.33. The first-order chi connectivity index (χ1) is 14.5. The normalized spacial score (nSPS) is 18.9. The number of amides is 2. The number of carbonyl (C=O) groups excluding carboxylic acids is 1. The molecule has 0 saturated carbocycles. The van der Waals surface area contributed by atoms with Crippen molar-refractivity contribution in [2.45, 2.75) is 45.6 Å². The second kappa shape index (κ2) is 10.1. The van der Waals surface area contributed by atoms with Crippen LogP contribution in [0.3, 0.4) is 0 Å². The Kier molecular flexibility index (Phi) is 8.02. The van der Waals surface area contributed by atoms with Gasteiger partial charge in [-0.15, -0.1) is 0 Å². The standard InChI is InChI=1S/C20H30FN5O4S/c1-11(2)15-6-13(21)7-16(12(3)4)18(15)25-20(27)26-31(23,28)17(8-22)19-24-9-14(29-5)10-30-19/h6-8,11-12,14H,9-10,22H2,1-5H3,(H3,23,25,26,27,28)/b17-8+/t14-,31?/m0/s1. The summed E-state index contributed by atoms with van der Waals surface area (Å²) in [6.45, 7) is 7.89. The van der Waals surface area contributed by atoms with E-state index in [9.17, 15) is 13.4 Å². The molecule has 0 fully saturated rings. The maximum Gasteiger partial charge on any atom is 0.331 e. The van der Waals surface area contributed by atoms with E-state index in [4.69, 9.17) is 20.0 Å². The van der Waals surface area contributed by atoms with E-state index < -0.39 is 21.8 Å². The minimum atomic E-state index is -3.89. The summed E-state index contributed by atoms with van der Waals surface area (Å²) in [4.78, 5) is 16.5. The fourth-order valence-corrected chi connectivity index (χ4v) is 4.05. The number of urea groups is 1. The minimum Gasteiger partial charge on any atom is -0.474 e. The number of ether oxygens (including phenoxy) is 2. The SMILES string of the molecule is CO[C@H]1CN=C(/C(=C\N)S(=N)(=O)NC(=O)Nc2c(C(C)C)cc(F)cc2C(C)C)OC1. The second-order valence-corrected chi connectivity index (χ2v) is 9.48. The molecule has 0 saturated heterocycles. The number of anilines is 1. The molecular weight excluding hydrogens is 425 g/mol. The zero-order valence-electron chi connectivity index (χ0n) is 18.3. The number of nitrogens with zero attached hydrogens (tertiary/aromatic N) is 1. The first-order valence-electron chi connectivity index (χ1n) is 9.83. The van der Waals surface area contributed by atoms with Gasteiger partial charge in [-0.2, -0.15) is 0 Å². The highest BCUT2D eigenvalue weighted by atomic mass is 32.2. The van der Waals surface area contributed by atoms with Crippen LogP contribution in [0, 0.1) is 10.6 Å². The van der Waals surface area contributed by atoms with E-state index in [-0.39, 0.29) is 41.9 Å². The Bertz CT molecular complexity index is 960. The number of hydrogen-bond acceptors (Lipinski definition) is 7. The molecule has 1 aromatic carbocycles. The van der Waals surface area contributed by atoms with Gasteiger partial charge in [0.1, 0.15) is 23.4 Å². The first-order valence-corrected chi connectivity index (χ1v) is 11.4. The Hall–Kier alpha value is -2.66. The number of benzene rings is 1. The van der Waals surface area contributed by atoms with Gasteiger partial charge in [0.25, 0.3) is 0 Å². The molecular formula is C20H30FN5O4S. The van der Waals surface area contributed by atoms with Crippen molar-refractivity contribution in [1.29, 1.82) is 4.78 Å². The molecule has 0 aromatic heterocycles. The van der Waals surface area contributed by atoms with Crippen LogP contribution in [0.15, 0.2) is 28.2 Å². The van der Waals surface area contributed by atoms with Crippen LogP contribution in [0.4, 0.5) is 14.9 Å². The number of halogens is 1. The highest BCUT2D eigenvalue weighted by molar-refractivity contribution is 7.95. The van der Waals surface area contributed by atoms with Crippen LogP contribution in [0.2, 0.25) is 0 Å². The van der Waals surface area contributed by atoms with E-state index in [0.29, 0.717) is 16.8 Å². The van der Waals surface area contributed by atoms with E-state index in [0.717, 1.165) is 6.20 Å². The Morgan fingerprint density at radius 3 is 2.35 bits per heavy atom. The molecule has 172 valence electrons. The van der Waals surface area contributed by atoms with Crippen molar-refractivity contribution in [2.75, 3.05) is 25.6 Å². The lowest BCUT2D eigenvalue weighted by Crippen LogP contribution is -2.39. The summed E-state index contributed by atoms with van der Waals surface area (Å²) in [5.74, 6) is -0.648. The molecule has 2 atom stereocenters. The van der Waals surface area contributed by atoms with Gasteiger partial charge < -0.3 is 20.5 Å². The van der Waals surface area contributed by atoms with Crippen LogP contribution < -0.4 is 15.8 Å². The number of nitrogens with one attached hydrogen (secondary N) is 3. The van der Waals surface area contributed by atoms with Gasteiger partial charge in [0.2, 0.25) is 5.90 Å². The largest absolute Gasteiger partial charge is 0.474 e. The fourth-order valence-electron chi connectivity index (χ4n) is 3.07. The third kappa shape index (κ3) is 5.95. The van der Waals surface area contributed by atoms with Gasteiger partial charge in [-0.05, 0) is 35.1 Å². The average Bonchev–Trinajstić information content (AvgIpc) is 2.69. The van der Waals surface area contributed by atoms with E-state index >= 15 is 0 Å². The number of carbonyl (C=O) groups is 1. The summed E-state index contributed by atoms with van der Waals surface area (Å²) in [6.07, 6.45) is 0.668. The predicted octanol–water partition coefficient (Wildman–Crippen LogP) is 3.40. The van der Waals surface area contributed by atoms with Crippen LogP contribution in [-0.4, -0.2) is 42.5 Å². The lowest BCUT2D eigenvalue weighted by atomic mass is 9.92. The topological polar surface area (TPSA) is 139 Å². The summed E-state index contributed by atoms with van der Waals surface area (Å²) in [5.41, 5.74) is 7.17. The third-order valence-electron chi connectivity index (χ3n) is 4.73. The lowest BCUT2D eigenvalue weighted by molar-refractivity contribution is 0.0507. The van der Waals surface area contributed by atoms with Crippen LogP contribution in [0.5, 0.6) is 0 Å². The summed E-state index contributed by atoms with van der Waals surface area (Å²) in [7, 11) is -2.37. The van der Waals surface area contributed by atoms with Crippen LogP contribution in [0.1, 0.15) is 50.7 Å². The third-order valence-corrected chi connectivity index (χ3v) is 6.14. The van der Waals surface area contributed by atoms with Crippen molar-refractivity contribution in [1.82, 2.24) is 4.72 Å². The van der Waals surface area contributed by atoms with Crippen molar-refractivity contribution in [3.63, 3.8) is 0 Å². The lowest BCUT2D eigenvalue weighted by Gasteiger charge is -2.23. The number of aliphatic imine (C=N–C) groups is 1. The Labute approximate surface area is 182 Å². The van der Waals surface area contributed by atoms with Crippen molar-refractivity contribution in [2.24, 2.45) is 10.7 Å². The quantitative estimate of drug-likeness (QED) is 0.499. The molecule has 1 aliphatic rings. The minimum absolute atomic E-state index is 0.0800. The molecule has 2 amide bonds. The fraction of sp³-hybridized carbons (Fsp3) is 0.500. The van der Waals surface area contributed by atoms with Gasteiger partial charge in [0.15, 0.2) is 9.92 Å². The molecule has 5 N–H and O–H groups in total. The van der Waals surface area contributed by atoms with E-state index in [1.807, 2.05) is 27.7 Å². The van der Waals surface area contributed by atoms with Gasteiger partial charge in [-0.25, -0.2) is 27.9 Å². The molecule has 9 nitrogen and oxygen atoms in total. The molecule has 0 bridgehead atoms. The first kappa shape index (κ1) is 24.6. The molecule has 1 aromatic rings. The van der Waals surface area contributed by atoms with Crippen molar-refractivity contribution in [3.8, 4) is 0 Å². The van der Waals surface area contributed by atoms with Gasteiger partial charge in [-0.1, -0.05) is 27.7 Å². The molecule has 0 spiro atoms.